The Kier molecular flexibility index (Phi) is 4.21. The normalized spacial score (nSPS) is 26.1. The number of carbonyl (C=O) groups excluding carboxylic acids is 1. The van der Waals surface area contributed by atoms with Crippen molar-refractivity contribution in [3.63, 3.8) is 0 Å². The first-order valence-corrected chi connectivity index (χ1v) is 8.47. The largest absolute Gasteiger partial charge is 0.370 e. The zero-order valence-electron chi connectivity index (χ0n) is 13.5. The molecule has 2 fully saturated rings. The molecule has 1 saturated carbocycles. The zero-order valence-corrected chi connectivity index (χ0v) is 14.3. The fraction of sp³-hybridized carbons (Fsp3) is 0.611. The van der Waals surface area contributed by atoms with Gasteiger partial charge in [0.15, 0.2) is 0 Å². The molecule has 1 aliphatic carbocycles. The van der Waals surface area contributed by atoms with Crippen molar-refractivity contribution in [2.45, 2.75) is 45.8 Å². The van der Waals surface area contributed by atoms with Gasteiger partial charge in [0.2, 0.25) is 5.91 Å². The lowest BCUT2D eigenvalue weighted by Gasteiger charge is -2.43. The second-order valence-electron chi connectivity index (χ2n) is 7.08. The van der Waals surface area contributed by atoms with Crippen LogP contribution in [0, 0.1) is 11.3 Å². The SMILES string of the molecule is C[C@@H]1[C@@H](c2cccc(Cl)c2)OCCN1C(=O)C(C)(C)C1CC1. The van der Waals surface area contributed by atoms with Crippen molar-refractivity contribution in [2.24, 2.45) is 11.3 Å². The third kappa shape index (κ3) is 2.89. The third-order valence-electron chi connectivity index (χ3n) is 5.15. The number of hydrogen-bond acceptors (Lipinski definition) is 2. The fourth-order valence-corrected chi connectivity index (χ4v) is 3.68. The van der Waals surface area contributed by atoms with E-state index in [1.54, 1.807) is 0 Å². The van der Waals surface area contributed by atoms with Crippen LogP contribution >= 0.6 is 11.6 Å². The quantitative estimate of drug-likeness (QED) is 0.840. The van der Waals surface area contributed by atoms with Gasteiger partial charge in [-0.1, -0.05) is 37.6 Å². The number of amides is 1. The van der Waals surface area contributed by atoms with E-state index in [-0.39, 0.29) is 23.5 Å². The molecule has 1 aliphatic heterocycles. The first kappa shape index (κ1) is 15.8. The molecular formula is C18H24ClNO2. The number of morpholine rings is 1. The molecule has 2 atom stereocenters. The molecule has 0 N–H and O–H groups in total. The van der Waals surface area contributed by atoms with Gasteiger partial charge in [0.05, 0.1) is 12.6 Å². The molecule has 1 aromatic carbocycles. The van der Waals surface area contributed by atoms with Gasteiger partial charge < -0.3 is 9.64 Å². The molecule has 0 bridgehead atoms. The van der Waals surface area contributed by atoms with E-state index in [1.807, 2.05) is 29.2 Å². The molecular weight excluding hydrogens is 298 g/mol. The van der Waals surface area contributed by atoms with Gasteiger partial charge in [-0.15, -0.1) is 0 Å². The maximum absolute atomic E-state index is 13.0. The van der Waals surface area contributed by atoms with Gasteiger partial charge in [0.1, 0.15) is 6.10 Å². The van der Waals surface area contributed by atoms with Crippen molar-refractivity contribution >= 4 is 17.5 Å². The number of halogens is 1. The summed E-state index contributed by atoms with van der Waals surface area (Å²) in [5.41, 5.74) is 0.784. The lowest BCUT2D eigenvalue weighted by molar-refractivity contribution is -0.155. The second kappa shape index (κ2) is 5.86. The molecule has 3 nitrogen and oxygen atoms in total. The van der Waals surface area contributed by atoms with Crippen LogP contribution in [0.15, 0.2) is 24.3 Å². The minimum atomic E-state index is -0.259. The lowest BCUT2D eigenvalue weighted by atomic mass is 9.84. The van der Waals surface area contributed by atoms with Crippen molar-refractivity contribution in [1.82, 2.24) is 4.90 Å². The second-order valence-corrected chi connectivity index (χ2v) is 7.52. The van der Waals surface area contributed by atoms with Crippen molar-refractivity contribution in [2.75, 3.05) is 13.2 Å². The van der Waals surface area contributed by atoms with Crippen LogP contribution in [0.4, 0.5) is 0 Å². The van der Waals surface area contributed by atoms with Gasteiger partial charge >= 0.3 is 0 Å². The standard InChI is InChI=1S/C18H24ClNO2/c1-12-16(13-5-4-6-15(19)11-13)22-10-9-20(12)17(21)18(2,3)14-7-8-14/h4-6,11-12,14,16H,7-10H2,1-3H3/t12-,16+/m1/s1. The summed E-state index contributed by atoms with van der Waals surface area (Å²) in [6.07, 6.45) is 2.25. The Labute approximate surface area is 137 Å². The average Bonchev–Trinajstić information content (AvgIpc) is 3.32. The monoisotopic (exact) mass is 321 g/mol. The molecule has 0 radical (unpaired) electrons. The van der Waals surface area contributed by atoms with E-state index in [4.69, 9.17) is 16.3 Å². The van der Waals surface area contributed by atoms with Crippen LogP contribution in [-0.4, -0.2) is 30.0 Å². The average molecular weight is 322 g/mol. The summed E-state index contributed by atoms with van der Waals surface area (Å²) in [5, 5.41) is 0.704. The number of rotatable bonds is 3. The molecule has 1 heterocycles. The van der Waals surface area contributed by atoms with E-state index in [0.717, 1.165) is 5.56 Å². The van der Waals surface area contributed by atoms with Crippen molar-refractivity contribution < 1.29 is 9.53 Å². The van der Waals surface area contributed by atoms with E-state index in [1.165, 1.54) is 12.8 Å². The fourth-order valence-electron chi connectivity index (χ4n) is 3.48. The smallest absolute Gasteiger partial charge is 0.228 e. The summed E-state index contributed by atoms with van der Waals surface area (Å²) < 4.78 is 5.95. The third-order valence-corrected chi connectivity index (χ3v) is 5.38. The van der Waals surface area contributed by atoms with E-state index >= 15 is 0 Å². The summed E-state index contributed by atoms with van der Waals surface area (Å²) in [6, 6.07) is 7.77. The molecule has 0 aromatic heterocycles. The predicted octanol–water partition coefficient (Wildman–Crippen LogP) is 4.06. The Morgan fingerprint density at radius 3 is 2.73 bits per heavy atom. The summed E-state index contributed by atoms with van der Waals surface area (Å²) in [5.74, 6) is 0.803. The van der Waals surface area contributed by atoms with Gasteiger partial charge in [-0.2, -0.15) is 0 Å². The number of carbonyl (C=O) groups is 1. The summed E-state index contributed by atoms with van der Waals surface area (Å²) in [7, 11) is 0. The van der Waals surface area contributed by atoms with Crippen LogP contribution in [0.5, 0.6) is 0 Å². The van der Waals surface area contributed by atoms with Crippen LogP contribution in [0.3, 0.4) is 0 Å². The molecule has 1 amide bonds. The Morgan fingerprint density at radius 2 is 2.09 bits per heavy atom. The summed E-state index contributed by atoms with van der Waals surface area (Å²) in [4.78, 5) is 15.0. The number of hydrogen-bond donors (Lipinski definition) is 0. The molecule has 1 aromatic rings. The predicted molar refractivity (Wildman–Crippen MR) is 87.8 cm³/mol. The Balaban J connectivity index is 1.80. The minimum absolute atomic E-state index is 0.0257. The van der Waals surface area contributed by atoms with Crippen LogP contribution < -0.4 is 0 Å². The van der Waals surface area contributed by atoms with E-state index in [9.17, 15) is 4.79 Å². The van der Waals surface area contributed by atoms with E-state index < -0.39 is 0 Å². The maximum Gasteiger partial charge on any atom is 0.228 e. The van der Waals surface area contributed by atoms with Gasteiger partial charge in [-0.3, -0.25) is 4.79 Å². The maximum atomic E-state index is 13.0. The van der Waals surface area contributed by atoms with Gasteiger partial charge in [0, 0.05) is 17.0 Å². The van der Waals surface area contributed by atoms with Crippen molar-refractivity contribution in [1.29, 1.82) is 0 Å². The lowest BCUT2D eigenvalue weighted by Crippen LogP contribution is -2.53. The number of benzene rings is 1. The van der Waals surface area contributed by atoms with E-state index in [0.29, 0.717) is 24.1 Å². The van der Waals surface area contributed by atoms with Gasteiger partial charge in [-0.25, -0.2) is 0 Å². The molecule has 2 aliphatic rings. The van der Waals surface area contributed by atoms with E-state index in [2.05, 4.69) is 20.8 Å². The molecule has 4 heteroatoms. The number of ether oxygens (including phenoxy) is 1. The van der Waals surface area contributed by atoms with Gasteiger partial charge in [0.25, 0.3) is 0 Å². The Hall–Kier alpha value is -1.06. The zero-order chi connectivity index (χ0) is 15.9. The molecule has 120 valence electrons. The minimum Gasteiger partial charge on any atom is -0.370 e. The summed E-state index contributed by atoms with van der Waals surface area (Å²) >= 11 is 6.10. The highest BCUT2D eigenvalue weighted by atomic mass is 35.5. The van der Waals surface area contributed by atoms with Gasteiger partial charge in [-0.05, 0) is 43.4 Å². The first-order valence-electron chi connectivity index (χ1n) is 8.09. The van der Waals surface area contributed by atoms with Crippen LogP contribution in [0.25, 0.3) is 0 Å². The molecule has 0 spiro atoms. The first-order chi connectivity index (χ1) is 10.4. The molecule has 0 unspecified atom stereocenters. The van der Waals surface area contributed by atoms with Crippen molar-refractivity contribution in [3.8, 4) is 0 Å². The Morgan fingerprint density at radius 1 is 1.36 bits per heavy atom. The summed E-state index contributed by atoms with van der Waals surface area (Å²) in [6.45, 7) is 7.50. The van der Waals surface area contributed by atoms with Crippen molar-refractivity contribution in [3.05, 3.63) is 34.9 Å². The highest BCUT2D eigenvalue weighted by Gasteiger charge is 2.47. The Bertz CT molecular complexity index is 568. The molecule has 3 rings (SSSR count). The topological polar surface area (TPSA) is 29.5 Å². The molecule has 22 heavy (non-hydrogen) atoms. The van der Waals surface area contributed by atoms with Crippen LogP contribution in [0.2, 0.25) is 5.02 Å². The molecule has 1 saturated heterocycles. The van der Waals surface area contributed by atoms with Crippen LogP contribution in [-0.2, 0) is 9.53 Å². The highest BCUT2D eigenvalue weighted by Crippen LogP contribution is 2.47. The number of nitrogens with zero attached hydrogens (tertiary/aromatic N) is 1. The highest BCUT2D eigenvalue weighted by molar-refractivity contribution is 6.30. The van der Waals surface area contributed by atoms with Crippen LogP contribution in [0.1, 0.15) is 45.3 Å².